The van der Waals surface area contributed by atoms with Gasteiger partial charge in [-0.25, -0.2) is 0 Å². The van der Waals surface area contributed by atoms with E-state index in [-0.39, 0.29) is 34.9 Å². The van der Waals surface area contributed by atoms with Gasteiger partial charge in [-0.3, -0.25) is 14.4 Å². The van der Waals surface area contributed by atoms with Gasteiger partial charge >= 0.3 is 0 Å². The van der Waals surface area contributed by atoms with Crippen LogP contribution in [0, 0.1) is 12.3 Å². The van der Waals surface area contributed by atoms with Gasteiger partial charge in [0.25, 0.3) is 11.8 Å². The molecule has 3 amide bonds. The summed E-state index contributed by atoms with van der Waals surface area (Å²) >= 11 is 1.47. The molecule has 0 aliphatic carbocycles. The number of aromatic hydroxyl groups is 1. The number of carbonyl (C=O) groups excluding carboxylic acids is 3. The molecule has 9 heteroatoms. The van der Waals surface area contributed by atoms with Crippen molar-refractivity contribution in [2.45, 2.75) is 70.9 Å². The van der Waals surface area contributed by atoms with Crippen LogP contribution in [0.5, 0.6) is 5.75 Å². The average molecular weight is 542 g/mol. The summed E-state index contributed by atoms with van der Waals surface area (Å²) in [7, 11) is 0. The van der Waals surface area contributed by atoms with Crippen LogP contribution in [0.2, 0.25) is 0 Å². The predicted octanol–water partition coefficient (Wildman–Crippen LogP) is 3.25. The van der Waals surface area contributed by atoms with Crippen LogP contribution < -0.4 is 10.6 Å². The van der Waals surface area contributed by atoms with E-state index in [1.165, 1.54) is 22.7 Å². The maximum atomic E-state index is 13.7. The number of hydrogen-bond acceptors (Lipinski definition) is 6. The summed E-state index contributed by atoms with van der Waals surface area (Å²) in [5, 5.41) is 27.2. The third-order valence-corrected chi connectivity index (χ3v) is 8.04. The molecule has 2 aromatic rings. The van der Waals surface area contributed by atoms with Gasteiger partial charge in [-0.15, -0.1) is 11.8 Å². The maximum Gasteiger partial charge on any atom is 0.254 e. The maximum absolute atomic E-state index is 13.7. The summed E-state index contributed by atoms with van der Waals surface area (Å²) in [6.07, 6.45) is -1.40. The molecule has 1 saturated heterocycles. The number of thioether (sulfide) groups is 1. The van der Waals surface area contributed by atoms with E-state index in [0.717, 1.165) is 5.56 Å². The van der Waals surface area contributed by atoms with Gasteiger partial charge in [-0.05, 0) is 50.3 Å². The first kappa shape index (κ1) is 29.5. The molecule has 4 N–H and O–H groups in total. The van der Waals surface area contributed by atoms with Crippen LogP contribution in [0.4, 0.5) is 0 Å². The van der Waals surface area contributed by atoms with Crippen LogP contribution in [0.25, 0.3) is 0 Å². The number of benzene rings is 2. The molecule has 1 fully saturated rings. The summed E-state index contributed by atoms with van der Waals surface area (Å²) in [4.78, 5) is 41.6. The van der Waals surface area contributed by atoms with Crippen molar-refractivity contribution in [1.29, 1.82) is 0 Å². The average Bonchev–Trinajstić information content (AvgIpc) is 3.17. The number of nitrogens with one attached hydrogen (secondary N) is 2. The van der Waals surface area contributed by atoms with E-state index in [4.69, 9.17) is 0 Å². The molecule has 1 aliphatic rings. The first-order chi connectivity index (χ1) is 17.7. The second-order valence-electron chi connectivity index (χ2n) is 11.5. The van der Waals surface area contributed by atoms with Crippen LogP contribution in [-0.2, 0) is 16.0 Å². The van der Waals surface area contributed by atoms with Crippen molar-refractivity contribution in [3.05, 3.63) is 65.2 Å². The van der Waals surface area contributed by atoms with E-state index in [1.807, 2.05) is 65.0 Å². The smallest absolute Gasteiger partial charge is 0.254 e. The normalized spacial score (nSPS) is 18.5. The fourth-order valence-corrected chi connectivity index (χ4v) is 5.57. The zero-order valence-electron chi connectivity index (χ0n) is 22.9. The third-order valence-electron chi connectivity index (χ3n) is 6.67. The van der Waals surface area contributed by atoms with Crippen molar-refractivity contribution in [3.63, 3.8) is 0 Å². The Morgan fingerprint density at radius 1 is 1.11 bits per heavy atom. The Morgan fingerprint density at radius 3 is 2.39 bits per heavy atom. The zero-order valence-corrected chi connectivity index (χ0v) is 23.8. The van der Waals surface area contributed by atoms with Crippen molar-refractivity contribution < 1.29 is 24.6 Å². The lowest BCUT2D eigenvalue weighted by Crippen LogP contribution is -2.59. The quantitative estimate of drug-likeness (QED) is 0.408. The SMILES string of the molecule is Cc1c(O)cccc1C(=O)NC(Cc1ccccc1)C(O)C(=O)N1CSC(C)(C)C1C(=O)NCC(C)(C)C. The monoisotopic (exact) mass is 541 g/mol. The fourth-order valence-electron chi connectivity index (χ4n) is 4.43. The summed E-state index contributed by atoms with van der Waals surface area (Å²) in [6.45, 7) is 11.9. The van der Waals surface area contributed by atoms with E-state index >= 15 is 0 Å². The Hall–Kier alpha value is -3.04. The molecule has 0 saturated carbocycles. The number of amides is 3. The van der Waals surface area contributed by atoms with Gasteiger partial charge < -0.3 is 25.7 Å². The highest BCUT2D eigenvalue weighted by Crippen LogP contribution is 2.40. The molecular formula is C29H39N3O5S. The van der Waals surface area contributed by atoms with E-state index in [9.17, 15) is 24.6 Å². The molecule has 0 spiro atoms. The minimum Gasteiger partial charge on any atom is -0.508 e. The largest absolute Gasteiger partial charge is 0.508 e. The number of hydrogen-bond donors (Lipinski definition) is 4. The number of aliphatic hydroxyl groups is 1. The van der Waals surface area contributed by atoms with Gasteiger partial charge in [0.05, 0.1) is 11.9 Å². The topological polar surface area (TPSA) is 119 Å². The van der Waals surface area contributed by atoms with Crippen molar-refractivity contribution in [1.82, 2.24) is 15.5 Å². The van der Waals surface area contributed by atoms with Crippen molar-refractivity contribution in [2.75, 3.05) is 12.4 Å². The Kier molecular flexibility index (Phi) is 9.15. The van der Waals surface area contributed by atoms with Gasteiger partial charge in [0.1, 0.15) is 11.8 Å². The standard InChI is InChI=1S/C29H39N3O5S/c1-18-20(13-10-14-22(18)33)25(35)31-21(15-19-11-8-7-9-12-19)23(34)27(37)32-17-38-29(5,6)24(32)26(36)30-16-28(2,3)4/h7-14,21,23-24,33-34H,15-17H2,1-6H3,(H,30,36)(H,31,35). The highest BCUT2D eigenvalue weighted by atomic mass is 32.2. The van der Waals surface area contributed by atoms with Crippen LogP contribution in [0.1, 0.15) is 56.1 Å². The molecule has 3 rings (SSSR count). The first-order valence-electron chi connectivity index (χ1n) is 12.7. The number of aliphatic hydroxyl groups excluding tert-OH is 1. The lowest BCUT2D eigenvalue weighted by Gasteiger charge is -2.34. The van der Waals surface area contributed by atoms with Crippen LogP contribution in [0.3, 0.4) is 0 Å². The van der Waals surface area contributed by atoms with E-state index < -0.39 is 34.7 Å². The molecule has 1 heterocycles. The molecule has 206 valence electrons. The van der Waals surface area contributed by atoms with Gasteiger partial charge in [0.2, 0.25) is 5.91 Å². The van der Waals surface area contributed by atoms with Gasteiger partial charge in [0, 0.05) is 22.4 Å². The summed E-state index contributed by atoms with van der Waals surface area (Å²) in [6, 6.07) is 12.1. The molecule has 3 unspecified atom stereocenters. The van der Waals surface area contributed by atoms with Gasteiger partial charge in [0.15, 0.2) is 6.10 Å². The Labute approximate surface area is 229 Å². The highest BCUT2D eigenvalue weighted by molar-refractivity contribution is 8.00. The lowest BCUT2D eigenvalue weighted by atomic mass is 9.95. The molecule has 38 heavy (non-hydrogen) atoms. The fraction of sp³-hybridized carbons (Fsp3) is 0.483. The minimum absolute atomic E-state index is 0.0191. The minimum atomic E-state index is -1.59. The molecule has 0 bridgehead atoms. The molecule has 8 nitrogen and oxygen atoms in total. The summed E-state index contributed by atoms with van der Waals surface area (Å²) in [5.41, 5.74) is 1.35. The zero-order chi connectivity index (χ0) is 28.3. The Balaban J connectivity index is 1.87. The molecule has 2 aromatic carbocycles. The number of phenols is 1. The van der Waals surface area contributed by atoms with Crippen LogP contribution in [-0.4, -0.2) is 68.2 Å². The van der Waals surface area contributed by atoms with Crippen LogP contribution in [0.15, 0.2) is 48.5 Å². The molecule has 3 atom stereocenters. The second kappa shape index (κ2) is 11.8. The number of nitrogens with zero attached hydrogens (tertiary/aromatic N) is 1. The van der Waals surface area contributed by atoms with Crippen molar-refractivity contribution in [3.8, 4) is 5.75 Å². The van der Waals surface area contributed by atoms with E-state index in [2.05, 4.69) is 10.6 Å². The second-order valence-corrected chi connectivity index (χ2v) is 13.1. The van der Waals surface area contributed by atoms with Crippen LogP contribution >= 0.6 is 11.8 Å². The number of phenolic OH excluding ortho intramolecular Hbond substituents is 1. The first-order valence-corrected chi connectivity index (χ1v) is 13.7. The Bertz CT molecular complexity index is 1160. The highest BCUT2D eigenvalue weighted by Gasteiger charge is 2.49. The molecule has 0 aromatic heterocycles. The van der Waals surface area contributed by atoms with Crippen molar-refractivity contribution >= 4 is 29.5 Å². The predicted molar refractivity (Wildman–Crippen MR) is 150 cm³/mol. The summed E-state index contributed by atoms with van der Waals surface area (Å²) < 4.78 is -0.561. The van der Waals surface area contributed by atoms with Gasteiger partial charge in [-0.1, -0.05) is 57.2 Å². The number of rotatable bonds is 8. The Morgan fingerprint density at radius 2 is 1.76 bits per heavy atom. The summed E-state index contributed by atoms with van der Waals surface area (Å²) in [5.74, 6) is -1.17. The lowest BCUT2D eigenvalue weighted by molar-refractivity contribution is -0.147. The number of carbonyl (C=O) groups is 3. The van der Waals surface area contributed by atoms with Crippen molar-refractivity contribution in [2.24, 2.45) is 5.41 Å². The van der Waals surface area contributed by atoms with Gasteiger partial charge in [-0.2, -0.15) is 0 Å². The molecule has 1 aliphatic heterocycles. The third kappa shape index (κ3) is 7.08. The van der Waals surface area contributed by atoms with E-state index in [0.29, 0.717) is 12.1 Å². The van der Waals surface area contributed by atoms with E-state index in [1.54, 1.807) is 19.1 Å². The molecular weight excluding hydrogens is 502 g/mol. The molecule has 0 radical (unpaired) electrons.